The molecule has 0 bridgehead atoms. The number of benzene rings is 1. The zero-order chi connectivity index (χ0) is 23.8. The van der Waals surface area contributed by atoms with Crippen molar-refractivity contribution in [2.24, 2.45) is 5.92 Å². The standard InChI is InChI=1S/C21H28N4O7/c1-13(2)19(21(29)22-14-6-8-15(9-7-14)25(30)31)23-20(28)16-5-4-12-24(16)17(26)10-11-18(27)32-3/h6-9,13,16,19H,4-5,10-12H2,1-3H3,(H,22,29)(H,23,28). The van der Waals surface area contributed by atoms with E-state index in [4.69, 9.17) is 0 Å². The summed E-state index contributed by atoms with van der Waals surface area (Å²) in [7, 11) is 1.24. The van der Waals surface area contributed by atoms with E-state index in [1.807, 2.05) is 0 Å². The minimum absolute atomic E-state index is 0.0509. The van der Waals surface area contributed by atoms with Gasteiger partial charge in [0.15, 0.2) is 0 Å². The number of nitro benzene ring substituents is 1. The fraction of sp³-hybridized carbons (Fsp3) is 0.524. The van der Waals surface area contributed by atoms with Gasteiger partial charge in [-0.25, -0.2) is 0 Å². The van der Waals surface area contributed by atoms with Gasteiger partial charge in [0.05, 0.1) is 18.5 Å². The van der Waals surface area contributed by atoms with Crippen molar-refractivity contribution in [1.82, 2.24) is 10.2 Å². The van der Waals surface area contributed by atoms with Gasteiger partial charge in [-0.1, -0.05) is 13.8 Å². The molecule has 32 heavy (non-hydrogen) atoms. The Balaban J connectivity index is 2.02. The van der Waals surface area contributed by atoms with E-state index in [0.29, 0.717) is 25.1 Å². The summed E-state index contributed by atoms with van der Waals surface area (Å²) in [6.45, 7) is 3.95. The highest BCUT2D eigenvalue weighted by atomic mass is 16.6. The lowest BCUT2D eigenvalue weighted by atomic mass is 10.0. The number of amides is 3. The van der Waals surface area contributed by atoms with Gasteiger partial charge in [-0.15, -0.1) is 0 Å². The Morgan fingerprint density at radius 2 is 1.84 bits per heavy atom. The molecule has 2 atom stereocenters. The molecular weight excluding hydrogens is 420 g/mol. The first kappa shape index (κ1) is 24.8. The predicted octanol–water partition coefficient (Wildman–Crippen LogP) is 1.62. The molecule has 0 radical (unpaired) electrons. The minimum atomic E-state index is -0.870. The number of carbonyl (C=O) groups excluding carboxylic acids is 4. The molecular formula is C21H28N4O7. The van der Waals surface area contributed by atoms with Crippen molar-refractivity contribution < 1.29 is 28.8 Å². The van der Waals surface area contributed by atoms with Crippen LogP contribution in [-0.2, 0) is 23.9 Å². The lowest BCUT2D eigenvalue weighted by molar-refractivity contribution is -0.384. The molecule has 1 aromatic carbocycles. The van der Waals surface area contributed by atoms with Crippen molar-refractivity contribution >= 4 is 35.1 Å². The largest absolute Gasteiger partial charge is 0.469 e. The number of ether oxygens (including phenoxy) is 1. The van der Waals surface area contributed by atoms with Crippen LogP contribution in [0.5, 0.6) is 0 Å². The average molecular weight is 448 g/mol. The molecule has 1 saturated heterocycles. The average Bonchev–Trinajstić information content (AvgIpc) is 3.25. The first-order valence-corrected chi connectivity index (χ1v) is 10.4. The molecule has 0 spiro atoms. The van der Waals surface area contributed by atoms with Crippen LogP contribution in [0.1, 0.15) is 39.5 Å². The van der Waals surface area contributed by atoms with Crippen molar-refractivity contribution in [3.63, 3.8) is 0 Å². The maximum absolute atomic E-state index is 12.9. The molecule has 1 aromatic rings. The molecule has 3 amide bonds. The van der Waals surface area contributed by atoms with Gasteiger partial charge in [-0.2, -0.15) is 0 Å². The van der Waals surface area contributed by atoms with Crippen molar-refractivity contribution in [3.05, 3.63) is 34.4 Å². The van der Waals surface area contributed by atoms with Gasteiger partial charge in [0.2, 0.25) is 17.7 Å². The van der Waals surface area contributed by atoms with Crippen LogP contribution in [0.15, 0.2) is 24.3 Å². The second-order valence-corrected chi connectivity index (χ2v) is 7.84. The Labute approximate surface area is 185 Å². The van der Waals surface area contributed by atoms with Gasteiger partial charge in [-0.3, -0.25) is 29.3 Å². The summed E-state index contributed by atoms with van der Waals surface area (Å²) < 4.78 is 4.54. The molecule has 2 unspecified atom stereocenters. The molecule has 2 N–H and O–H groups in total. The number of likely N-dealkylation sites (tertiary alicyclic amines) is 1. The van der Waals surface area contributed by atoms with Gasteiger partial charge in [-0.05, 0) is 30.9 Å². The Morgan fingerprint density at radius 1 is 1.19 bits per heavy atom. The fourth-order valence-corrected chi connectivity index (χ4v) is 3.46. The van der Waals surface area contributed by atoms with E-state index in [2.05, 4.69) is 15.4 Å². The maximum Gasteiger partial charge on any atom is 0.306 e. The zero-order valence-corrected chi connectivity index (χ0v) is 18.3. The summed E-state index contributed by atoms with van der Waals surface area (Å²) in [6, 6.07) is 3.78. The number of hydrogen-bond acceptors (Lipinski definition) is 7. The van der Waals surface area contributed by atoms with Crippen LogP contribution in [0.25, 0.3) is 0 Å². The SMILES string of the molecule is COC(=O)CCC(=O)N1CCCC1C(=O)NC(C(=O)Nc1ccc([N+](=O)[O-])cc1)C(C)C. The molecule has 1 heterocycles. The molecule has 0 saturated carbocycles. The monoisotopic (exact) mass is 448 g/mol. The van der Waals surface area contributed by atoms with Crippen LogP contribution in [0.4, 0.5) is 11.4 Å². The molecule has 11 nitrogen and oxygen atoms in total. The van der Waals surface area contributed by atoms with Crippen LogP contribution < -0.4 is 10.6 Å². The topological polar surface area (TPSA) is 148 Å². The number of nitrogens with one attached hydrogen (secondary N) is 2. The number of nitrogens with zero attached hydrogens (tertiary/aromatic N) is 2. The Bertz CT molecular complexity index is 869. The molecule has 174 valence electrons. The van der Waals surface area contributed by atoms with Gasteiger partial charge in [0.1, 0.15) is 12.1 Å². The number of hydrogen-bond donors (Lipinski definition) is 2. The van der Waals surface area contributed by atoms with Crippen LogP contribution in [-0.4, -0.2) is 59.3 Å². The van der Waals surface area contributed by atoms with Crippen molar-refractivity contribution in [1.29, 1.82) is 0 Å². The molecule has 1 aliphatic rings. The van der Waals surface area contributed by atoms with Crippen molar-refractivity contribution in [2.45, 2.75) is 51.6 Å². The van der Waals surface area contributed by atoms with E-state index in [-0.39, 0.29) is 30.4 Å². The third-order valence-corrected chi connectivity index (χ3v) is 5.24. The second-order valence-electron chi connectivity index (χ2n) is 7.84. The number of nitro groups is 1. The highest BCUT2D eigenvalue weighted by molar-refractivity contribution is 5.98. The smallest absolute Gasteiger partial charge is 0.306 e. The maximum atomic E-state index is 12.9. The minimum Gasteiger partial charge on any atom is -0.469 e. The molecule has 0 aliphatic carbocycles. The fourth-order valence-electron chi connectivity index (χ4n) is 3.46. The number of anilines is 1. The van der Waals surface area contributed by atoms with E-state index in [1.165, 1.54) is 36.3 Å². The van der Waals surface area contributed by atoms with E-state index in [1.54, 1.807) is 13.8 Å². The summed E-state index contributed by atoms with van der Waals surface area (Å²) in [4.78, 5) is 61.1. The van der Waals surface area contributed by atoms with Crippen LogP contribution in [0.2, 0.25) is 0 Å². The number of non-ortho nitro benzene ring substituents is 1. The van der Waals surface area contributed by atoms with Crippen molar-refractivity contribution in [2.75, 3.05) is 19.0 Å². The molecule has 0 aromatic heterocycles. The lowest BCUT2D eigenvalue weighted by Crippen LogP contribution is -2.53. The van der Waals surface area contributed by atoms with E-state index < -0.39 is 34.8 Å². The Morgan fingerprint density at radius 3 is 2.41 bits per heavy atom. The van der Waals surface area contributed by atoms with Crippen LogP contribution in [0, 0.1) is 16.0 Å². The Kier molecular flexibility index (Phi) is 8.68. The van der Waals surface area contributed by atoms with E-state index in [9.17, 15) is 29.3 Å². The summed E-state index contributed by atoms with van der Waals surface area (Å²) in [5, 5.41) is 16.1. The number of carbonyl (C=O) groups is 4. The first-order chi connectivity index (χ1) is 15.1. The highest BCUT2D eigenvalue weighted by Gasteiger charge is 2.36. The van der Waals surface area contributed by atoms with Crippen LogP contribution >= 0.6 is 0 Å². The summed E-state index contributed by atoms with van der Waals surface area (Å²) >= 11 is 0. The first-order valence-electron chi connectivity index (χ1n) is 10.4. The summed E-state index contributed by atoms with van der Waals surface area (Å²) in [6.07, 6.45) is 0.991. The van der Waals surface area contributed by atoms with E-state index in [0.717, 1.165) is 0 Å². The predicted molar refractivity (Wildman–Crippen MR) is 114 cm³/mol. The van der Waals surface area contributed by atoms with Gasteiger partial charge < -0.3 is 20.3 Å². The van der Waals surface area contributed by atoms with Gasteiger partial charge in [0.25, 0.3) is 5.69 Å². The molecule has 11 heteroatoms. The van der Waals surface area contributed by atoms with Crippen LogP contribution in [0.3, 0.4) is 0 Å². The normalized spacial score (nSPS) is 16.4. The van der Waals surface area contributed by atoms with Crippen molar-refractivity contribution in [3.8, 4) is 0 Å². The molecule has 2 rings (SSSR count). The van der Waals surface area contributed by atoms with E-state index >= 15 is 0 Å². The number of methoxy groups -OCH3 is 1. The summed E-state index contributed by atoms with van der Waals surface area (Å²) in [5.41, 5.74) is 0.260. The quantitative estimate of drug-likeness (QED) is 0.331. The number of esters is 1. The third kappa shape index (κ3) is 6.50. The number of rotatable bonds is 9. The summed E-state index contributed by atoms with van der Waals surface area (Å²) in [5.74, 6) is -1.97. The second kappa shape index (κ2) is 11.2. The molecule has 1 aliphatic heterocycles. The van der Waals surface area contributed by atoms with Gasteiger partial charge >= 0.3 is 5.97 Å². The molecule has 1 fully saturated rings. The zero-order valence-electron chi connectivity index (χ0n) is 18.3. The third-order valence-electron chi connectivity index (χ3n) is 5.24. The Hall–Kier alpha value is -3.50. The lowest BCUT2D eigenvalue weighted by Gasteiger charge is -2.27. The highest BCUT2D eigenvalue weighted by Crippen LogP contribution is 2.20. The van der Waals surface area contributed by atoms with Gasteiger partial charge in [0, 0.05) is 30.8 Å².